The number of hydrogen-bond donors (Lipinski definition) is 2. The molecule has 5 heteroatoms. The summed E-state index contributed by atoms with van der Waals surface area (Å²) in [7, 11) is 0. The number of primary amides is 1. The second-order valence-electron chi connectivity index (χ2n) is 2.54. The van der Waals surface area contributed by atoms with Gasteiger partial charge in [0.25, 0.3) is 0 Å². The first-order valence-electron chi connectivity index (χ1n) is 3.53. The number of aryl methyl sites for hydroxylation is 1. The molecule has 0 aromatic heterocycles. The number of carbonyl (C=O) groups excluding carboxylic acids is 1. The lowest BCUT2D eigenvalue weighted by Crippen LogP contribution is -2.21. The predicted molar refractivity (Wildman–Crippen MR) is 44.3 cm³/mol. The van der Waals surface area contributed by atoms with Crippen molar-refractivity contribution in [2.75, 3.05) is 5.32 Å². The first kappa shape index (κ1) is 9.44. The number of rotatable bonds is 1. The maximum Gasteiger partial charge on any atom is 0.316 e. The summed E-state index contributed by atoms with van der Waals surface area (Å²) in [5, 5.41) is 1.87. The third-order valence-corrected chi connectivity index (χ3v) is 1.53. The fourth-order valence-corrected chi connectivity index (χ4v) is 0.894. The van der Waals surface area contributed by atoms with Crippen molar-refractivity contribution in [3.63, 3.8) is 0 Å². The first-order valence-corrected chi connectivity index (χ1v) is 3.53. The largest absolute Gasteiger partial charge is 0.351 e. The van der Waals surface area contributed by atoms with E-state index in [0.717, 1.165) is 6.07 Å². The van der Waals surface area contributed by atoms with Crippen LogP contribution in [0, 0.1) is 18.6 Å². The van der Waals surface area contributed by atoms with Crippen molar-refractivity contribution in [2.45, 2.75) is 6.92 Å². The standard InChI is InChI=1S/C8H8F2N2O/c1-4-2-3-5(9)7(6(4)10)12-8(11)13/h2-3H,1H3,(H3,11,12,13). The molecule has 0 saturated carbocycles. The number of amides is 2. The zero-order valence-corrected chi connectivity index (χ0v) is 6.90. The van der Waals surface area contributed by atoms with Crippen LogP contribution in [0.15, 0.2) is 12.1 Å². The molecule has 0 bridgehead atoms. The molecule has 0 spiro atoms. The van der Waals surface area contributed by atoms with Crippen molar-refractivity contribution in [3.05, 3.63) is 29.3 Å². The van der Waals surface area contributed by atoms with E-state index in [-0.39, 0.29) is 5.56 Å². The topological polar surface area (TPSA) is 55.1 Å². The summed E-state index contributed by atoms with van der Waals surface area (Å²) in [6.45, 7) is 1.46. The number of urea groups is 1. The lowest BCUT2D eigenvalue weighted by atomic mass is 10.2. The van der Waals surface area contributed by atoms with Gasteiger partial charge in [0.15, 0.2) is 5.82 Å². The van der Waals surface area contributed by atoms with Crippen LogP contribution in [0.1, 0.15) is 5.56 Å². The van der Waals surface area contributed by atoms with Crippen molar-refractivity contribution in [1.82, 2.24) is 0 Å². The Hall–Kier alpha value is -1.65. The molecule has 0 unspecified atom stereocenters. The Morgan fingerprint density at radius 3 is 2.62 bits per heavy atom. The Kier molecular flexibility index (Phi) is 2.46. The Bertz CT molecular complexity index is 352. The van der Waals surface area contributed by atoms with Crippen LogP contribution in [0.25, 0.3) is 0 Å². The lowest BCUT2D eigenvalue weighted by Gasteiger charge is -2.06. The van der Waals surface area contributed by atoms with E-state index in [2.05, 4.69) is 0 Å². The van der Waals surface area contributed by atoms with Crippen LogP contribution in [0.3, 0.4) is 0 Å². The number of anilines is 1. The van der Waals surface area contributed by atoms with E-state index in [9.17, 15) is 13.6 Å². The molecular weight excluding hydrogens is 178 g/mol. The van der Waals surface area contributed by atoms with E-state index < -0.39 is 23.4 Å². The summed E-state index contributed by atoms with van der Waals surface area (Å²) in [5.41, 5.74) is 4.46. The summed E-state index contributed by atoms with van der Waals surface area (Å²) < 4.78 is 26.0. The second kappa shape index (κ2) is 3.38. The smallest absolute Gasteiger partial charge is 0.316 e. The number of nitrogens with one attached hydrogen (secondary N) is 1. The first-order chi connectivity index (χ1) is 6.02. The normalized spacial score (nSPS) is 9.77. The van der Waals surface area contributed by atoms with Crippen LogP contribution in [0.2, 0.25) is 0 Å². The van der Waals surface area contributed by atoms with Gasteiger partial charge in [-0.2, -0.15) is 0 Å². The van der Waals surface area contributed by atoms with Gasteiger partial charge < -0.3 is 11.1 Å². The quantitative estimate of drug-likeness (QED) is 0.689. The molecule has 0 atom stereocenters. The van der Waals surface area contributed by atoms with Gasteiger partial charge in [0.2, 0.25) is 0 Å². The summed E-state index contributed by atoms with van der Waals surface area (Å²) in [6.07, 6.45) is 0. The highest BCUT2D eigenvalue weighted by molar-refractivity contribution is 5.88. The SMILES string of the molecule is Cc1ccc(F)c(NC(N)=O)c1F. The highest BCUT2D eigenvalue weighted by atomic mass is 19.1. The molecule has 0 heterocycles. The molecule has 1 aromatic rings. The fraction of sp³-hybridized carbons (Fsp3) is 0.125. The zero-order valence-electron chi connectivity index (χ0n) is 6.90. The summed E-state index contributed by atoms with van der Waals surface area (Å²) in [6, 6.07) is 1.34. The van der Waals surface area contributed by atoms with Gasteiger partial charge in [-0.3, -0.25) is 0 Å². The third kappa shape index (κ3) is 1.93. The molecule has 0 saturated heterocycles. The summed E-state index contributed by atoms with van der Waals surface area (Å²) >= 11 is 0. The highest BCUT2D eigenvalue weighted by Gasteiger charge is 2.12. The molecule has 1 rings (SSSR count). The monoisotopic (exact) mass is 186 g/mol. The third-order valence-electron chi connectivity index (χ3n) is 1.53. The maximum atomic E-state index is 13.1. The lowest BCUT2D eigenvalue weighted by molar-refractivity contribution is 0.259. The van der Waals surface area contributed by atoms with Crippen LogP contribution in [0.5, 0.6) is 0 Å². The second-order valence-corrected chi connectivity index (χ2v) is 2.54. The van der Waals surface area contributed by atoms with Crippen molar-refractivity contribution < 1.29 is 13.6 Å². The van der Waals surface area contributed by atoms with Gasteiger partial charge in [-0.1, -0.05) is 6.07 Å². The predicted octanol–water partition coefficient (Wildman–Crippen LogP) is 1.76. The molecule has 13 heavy (non-hydrogen) atoms. The van der Waals surface area contributed by atoms with Crippen molar-refractivity contribution >= 4 is 11.7 Å². The van der Waals surface area contributed by atoms with Gasteiger partial charge in [-0.05, 0) is 18.6 Å². The van der Waals surface area contributed by atoms with Crippen LogP contribution >= 0.6 is 0 Å². The minimum Gasteiger partial charge on any atom is -0.351 e. The molecular formula is C8H8F2N2O. The van der Waals surface area contributed by atoms with E-state index >= 15 is 0 Å². The fourth-order valence-electron chi connectivity index (χ4n) is 0.894. The Morgan fingerprint density at radius 1 is 1.46 bits per heavy atom. The average Bonchev–Trinajstić information content (AvgIpc) is 2.05. The number of halogens is 2. The molecule has 0 fully saturated rings. The molecule has 0 aliphatic carbocycles. The Balaban J connectivity index is 3.17. The van der Waals surface area contributed by atoms with E-state index in [1.165, 1.54) is 13.0 Å². The maximum absolute atomic E-state index is 13.1. The molecule has 3 N–H and O–H groups in total. The minimum atomic E-state index is -0.997. The Labute approximate surface area is 73.5 Å². The number of carbonyl (C=O) groups is 1. The van der Waals surface area contributed by atoms with E-state index in [1.54, 1.807) is 0 Å². The molecule has 70 valence electrons. The van der Waals surface area contributed by atoms with Gasteiger partial charge in [0.05, 0.1) is 0 Å². The zero-order chi connectivity index (χ0) is 10.0. The molecule has 1 aromatic carbocycles. The van der Waals surface area contributed by atoms with Crippen molar-refractivity contribution in [2.24, 2.45) is 5.73 Å². The Morgan fingerprint density at radius 2 is 2.08 bits per heavy atom. The molecule has 0 aliphatic rings. The van der Waals surface area contributed by atoms with Gasteiger partial charge in [0, 0.05) is 0 Å². The van der Waals surface area contributed by atoms with Gasteiger partial charge in [-0.25, -0.2) is 13.6 Å². The van der Waals surface area contributed by atoms with Gasteiger partial charge in [-0.15, -0.1) is 0 Å². The number of benzene rings is 1. The molecule has 0 radical (unpaired) electrons. The number of nitrogens with two attached hydrogens (primary N) is 1. The molecule has 3 nitrogen and oxygen atoms in total. The average molecular weight is 186 g/mol. The van der Waals surface area contributed by atoms with Crippen molar-refractivity contribution in [1.29, 1.82) is 0 Å². The number of hydrogen-bond acceptors (Lipinski definition) is 1. The summed E-state index contributed by atoms with van der Waals surface area (Å²) in [5.74, 6) is -1.65. The van der Waals surface area contributed by atoms with Gasteiger partial charge >= 0.3 is 6.03 Å². The molecule has 2 amide bonds. The summed E-state index contributed by atoms with van der Waals surface area (Å²) in [4.78, 5) is 10.4. The van der Waals surface area contributed by atoms with Gasteiger partial charge in [0.1, 0.15) is 11.5 Å². The van der Waals surface area contributed by atoms with Crippen LogP contribution in [-0.2, 0) is 0 Å². The van der Waals surface area contributed by atoms with E-state index in [4.69, 9.17) is 5.73 Å². The van der Waals surface area contributed by atoms with Crippen LogP contribution in [-0.4, -0.2) is 6.03 Å². The van der Waals surface area contributed by atoms with Crippen LogP contribution in [0.4, 0.5) is 19.3 Å². The minimum absolute atomic E-state index is 0.241. The van der Waals surface area contributed by atoms with E-state index in [1.807, 2.05) is 5.32 Å². The highest BCUT2D eigenvalue weighted by Crippen LogP contribution is 2.20. The van der Waals surface area contributed by atoms with E-state index in [0.29, 0.717) is 0 Å². The molecule has 0 aliphatic heterocycles. The van der Waals surface area contributed by atoms with Crippen molar-refractivity contribution in [3.8, 4) is 0 Å². The van der Waals surface area contributed by atoms with Crippen LogP contribution < -0.4 is 11.1 Å².